The quantitative estimate of drug-likeness (QED) is 0.574. The van der Waals surface area contributed by atoms with E-state index >= 15 is 0 Å². The molecular formula is C19H25ClKNO4S. The second-order valence-electron chi connectivity index (χ2n) is 7.03. The van der Waals surface area contributed by atoms with Crippen LogP contribution in [0.4, 0.5) is 5.69 Å². The Morgan fingerprint density at radius 2 is 1.78 bits per heavy atom. The Kier molecular flexibility index (Phi) is 8.43. The largest absolute Gasteiger partial charge is 1.00 e. The molecule has 0 aromatic heterocycles. The van der Waals surface area contributed by atoms with E-state index in [1.54, 1.807) is 19.2 Å². The first-order valence-electron chi connectivity index (χ1n) is 8.16. The predicted molar refractivity (Wildman–Crippen MR) is 106 cm³/mol. The molecule has 0 bridgehead atoms. The maximum atomic E-state index is 11.5. The molecule has 5 nitrogen and oxygen atoms in total. The molecule has 8 heteroatoms. The molecule has 2 aromatic rings. The van der Waals surface area contributed by atoms with Crippen molar-refractivity contribution in [3.8, 4) is 5.75 Å². The van der Waals surface area contributed by atoms with E-state index in [-0.39, 0.29) is 81.6 Å². The fourth-order valence-electron chi connectivity index (χ4n) is 3.42. The Morgan fingerprint density at radius 3 is 2.30 bits per heavy atom. The van der Waals surface area contributed by atoms with Crippen LogP contribution in [0.3, 0.4) is 0 Å². The third-order valence-electron chi connectivity index (χ3n) is 5.29. The number of fused-ring (bicyclic) bond motifs is 1. The summed E-state index contributed by atoms with van der Waals surface area (Å²) < 4.78 is 37.5. The minimum Gasteiger partial charge on any atom is -1.00 e. The molecule has 144 valence electrons. The van der Waals surface area contributed by atoms with E-state index in [4.69, 9.17) is 4.74 Å². The van der Waals surface area contributed by atoms with Crippen LogP contribution in [0.2, 0.25) is 0 Å². The smallest absolute Gasteiger partial charge is 1.00 e. The number of nitrogens with zero attached hydrogens (tertiary/aromatic N) is 1. The van der Waals surface area contributed by atoms with Crippen molar-refractivity contribution in [2.45, 2.75) is 43.7 Å². The van der Waals surface area contributed by atoms with Gasteiger partial charge in [0.15, 0.2) is 0 Å². The summed E-state index contributed by atoms with van der Waals surface area (Å²) >= 11 is 0. The van der Waals surface area contributed by atoms with Gasteiger partial charge in [0.1, 0.15) is 5.75 Å². The first-order valence-corrected chi connectivity index (χ1v) is 9.60. The minimum atomic E-state index is -4.21. The summed E-state index contributed by atoms with van der Waals surface area (Å²) in [4.78, 5) is 2.21. The van der Waals surface area contributed by atoms with Crippen LogP contribution in [0.25, 0.3) is 0 Å². The summed E-state index contributed by atoms with van der Waals surface area (Å²) in [7, 11) is -2.57. The van der Waals surface area contributed by atoms with Crippen LogP contribution < -0.4 is 61.0 Å². The SMILES string of the molecule is COc1ccc(CN2c3ccc(S(=O)(=O)O)cc3C(C)(C)C2C)cc1.Cl.[H-].[K+]. The van der Waals surface area contributed by atoms with E-state index in [0.717, 1.165) is 22.6 Å². The molecule has 1 atom stereocenters. The first kappa shape index (κ1) is 24.9. The number of methoxy groups -OCH3 is 1. The van der Waals surface area contributed by atoms with Crippen LogP contribution in [0.5, 0.6) is 5.75 Å². The van der Waals surface area contributed by atoms with E-state index in [2.05, 4.69) is 25.7 Å². The zero-order chi connectivity index (χ0) is 18.4. The van der Waals surface area contributed by atoms with Gasteiger partial charge in [0.05, 0.1) is 12.0 Å². The van der Waals surface area contributed by atoms with Crippen molar-refractivity contribution >= 4 is 28.2 Å². The molecule has 0 amide bonds. The molecule has 0 spiro atoms. The predicted octanol–water partition coefficient (Wildman–Crippen LogP) is 1.17. The Bertz CT molecular complexity index is 907. The second kappa shape index (κ2) is 9.13. The number of hydrogen-bond donors (Lipinski definition) is 1. The summed E-state index contributed by atoms with van der Waals surface area (Å²) in [5, 5.41) is 0. The van der Waals surface area contributed by atoms with Gasteiger partial charge in [-0.2, -0.15) is 8.42 Å². The minimum absolute atomic E-state index is 0. The van der Waals surface area contributed by atoms with E-state index in [1.165, 1.54) is 6.07 Å². The number of ether oxygens (including phenoxy) is 1. The second-order valence-corrected chi connectivity index (χ2v) is 8.45. The molecular weight excluding hydrogens is 413 g/mol. The normalized spacial score (nSPS) is 17.5. The van der Waals surface area contributed by atoms with Gasteiger partial charge in [-0.05, 0) is 48.4 Å². The van der Waals surface area contributed by atoms with Gasteiger partial charge in [0, 0.05) is 23.7 Å². The van der Waals surface area contributed by atoms with Crippen LogP contribution in [0.15, 0.2) is 47.4 Å². The molecule has 3 rings (SSSR count). The van der Waals surface area contributed by atoms with Gasteiger partial charge in [-0.3, -0.25) is 4.55 Å². The van der Waals surface area contributed by atoms with Crippen molar-refractivity contribution in [2.24, 2.45) is 0 Å². The van der Waals surface area contributed by atoms with Gasteiger partial charge in [0.2, 0.25) is 0 Å². The van der Waals surface area contributed by atoms with E-state index in [1.807, 2.05) is 24.3 Å². The standard InChI is InChI=1S/C19H23NO4S.ClH.K.H/c1-13-19(2,3)17-11-16(25(21,22)23)9-10-18(17)20(13)12-14-5-7-15(24-4)8-6-14;;;/h5-11,13H,12H2,1-4H3,(H,21,22,23);1H;;/q;;+1;-1. The zero-order valence-electron chi connectivity index (χ0n) is 17.3. The topological polar surface area (TPSA) is 66.8 Å². The van der Waals surface area contributed by atoms with Crippen LogP contribution in [0, 0.1) is 0 Å². The number of rotatable bonds is 4. The molecule has 0 radical (unpaired) electrons. The maximum Gasteiger partial charge on any atom is 1.00 e. The fraction of sp³-hybridized carbons (Fsp3) is 0.368. The van der Waals surface area contributed by atoms with Crippen LogP contribution in [0.1, 0.15) is 33.3 Å². The zero-order valence-corrected chi connectivity index (χ0v) is 21.0. The molecule has 27 heavy (non-hydrogen) atoms. The van der Waals surface area contributed by atoms with Crippen molar-refractivity contribution in [3.05, 3.63) is 53.6 Å². The first-order chi connectivity index (χ1) is 11.6. The number of hydrogen-bond acceptors (Lipinski definition) is 4. The van der Waals surface area contributed by atoms with E-state index in [0.29, 0.717) is 6.54 Å². The molecule has 1 aliphatic rings. The van der Waals surface area contributed by atoms with Crippen molar-refractivity contribution in [1.29, 1.82) is 0 Å². The number of halogens is 1. The monoisotopic (exact) mass is 437 g/mol. The molecule has 0 aliphatic carbocycles. The number of anilines is 1. The van der Waals surface area contributed by atoms with Gasteiger partial charge >= 0.3 is 51.4 Å². The third-order valence-corrected chi connectivity index (χ3v) is 6.14. The van der Waals surface area contributed by atoms with Crippen LogP contribution in [-0.4, -0.2) is 26.1 Å². The Labute approximate surface area is 211 Å². The summed E-state index contributed by atoms with van der Waals surface area (Å²) in [5.41, 5.74) is 2.85. The fourth-order valence-corrected chi connectivity index (χ4v) is 3.92. The van der Waals surface area contributed by atoms with Gasteiger partial charge in [0.25, 0.3) is 10.1 Å². The van der Waals surface area contributed by atoms with Crippen LogP contribution >= 0.6 is 12.4 Å². The Balaban J connectivity index is 0.00000243. The van der Waals surface area contributed by atoms with Gasteiger partial charge in [-0.1, -0.05) is 26.0 Å². The molecule has 0 saturated heterocycles. The molecule has 1 N–H and O–H groups in total. The molecule has 0 fully saturated rings. The third kappa shape index (κ3) is 4.90. The van der Waals surface area contributed by atoms with Gasteiger partial charge in [-0.25, -0.2) is 0 Å². The summed E-state index contributed by atoms with van der Waals surface area (Å²) in [6.07, 6.45) is 0. The average molecular weight is 438 g/mol. The molecule has 0 saturated carbocycles. The number of benzene rings is 2. The van der Waals surface area contributed by atoms with Crippen molar-refractivity contribution in [1.82, 2.24) is 0 Å². The maximum absolute atomic E-state index is 11.5. The summed E-state index contributed by atoms with van der Waals surface area (Å²) in [6.45, 7) is 7.04. The van der Waals surface area contributed by atoms with Crippen molar-refractivity contribution < 1.29 is 70.5 Å². The van der Waals surface area contributed by atoms with E-state index in [9.17, 15) is 13.0 Å². The van der Waals surface area contributed by atoms with Gasteiger partial charge in [-0.15, -0.1) is 12.4 Å². The summed E-state index contributed by atoms with van der Waals surface area (Å²) in [5.74, 6) is 0.816. The van der Waals surface area contributed by atoms with Crippen molar-refractivity contribution in [2.75, 3.05) is 12.0 Å². The molecule has 1 heterocycles. The molecule has 1 unspecified atom stereocenters. The van der Waals surface area contributed by atoms with E-state index < -0.39 is 10.1 Å². The summed E-state index contributed by atoms with van der Waals surface area (Å²) in [6, 6.07) is 13.0. The Morgan fingerprint density at radius 1 is 1.19 bits per heavy atom. The van der Waals surface area contributed by atoms with Gasteiger partial charge < -0.3 is 11.1 Å². The molecule has 2 aromatic carbocycles. The van der Waals surface area contributed by atoms with Crippen molar-refractivity contribution in [3.63, 3.8) is 0 Å². The van der Waals surface area contributed by atoms with Crippen LogP contribution in [-0.2, 0) is 22.1 Å². The average Bonchev–Trinajstić information content (AvgIpc) is 2.75. The Hall–Kier alpha value is -0.124. The molecule has 1 aliphatic heterocycles.